The molecule has 0 saturated carbocycles. The Balaban J connectivity index is 1.36. The number of ether oxygens (including phenoxy) is 1. The van der Waals surface area contributed by atoms with E-state index in [1.54, 1.807) is 12.3 Å². The number of hydrogen-bond donors (Lipinski definition) is 2. The van der Waals surface area contributed by atoms with E-state index < -0.39 is 0 Å². The summed E-state index contributed by atoms with van der Waals surface area (Å²) in [6, 6.07) is 17.4. The highest BCUT2D eigenvalue weighted by molar-refractivity contribution is 7.17. The van der Waals surface area contributed by atoms with Crippen molar-refractivity contribution in [3.63, 3.8) is 0 Å². The third-order valence-corrected chi connectivity index (χ3v) is 7.78. The normalized spacial score (nSPS) is 17.3. The van der Waals surface area contributed by atoms with Crippen LogP contribution in [-0.2, 0) is 0 Å². The molecule has 188 valence electrons. The molecule has 1 atom stereocenters. The molecule has 9 heteroatoms. The number of anilines is 3. The minimum Gasteiger partial charge on any atom is -0.490 e. The summed E-state index contributed by atoms with van der Waals surface area (Å²) in [5.41, 5.74) is 2.35. The molecule has 37 heavy (non-hydrogen) atoms. The molecule has 2 amide bonds. The third-order valence-electron chi connectivity index (χ3n) is 6.81. The summed E-state index contributed by atoms with van der Waals surface area (Å²) in [6.45, 7) is 2.82. The number of rotatable bonds is 5. The van der Waals surface area contributed by atoms with Crippen molar-refractivity contribution in [3.8, 4) is 5.75 Å². The minimum atomic E-state index is -0.239. The van der Waals surface area contributed by atoms with Gasteiger partial charge in [-0.3, -0.25) is 9.59 Å². The smallest absolute Gasteiger partial charge is 0.257 e. The standard InChI is InChI=1S/C28H27N5O3S/c1-32-11-10-19(16-32)30-27(34)18-14-22(31-28(35)21-17-37-25-9-5-2-6-20(21)25)26(29-15-18)33-12-13-36-24-8-4-3-7-23(24)33/h2-9,14-15,17,19H,10-13,16H2,1H3,(H,30,34)(H,31,35)/t19-/m0/s1. The number of aromatic nitrogens is 1. The highest BCUT2D eigenvalue weighted by atomic mass is 32.1. The summed E-state index contributed by atoms with van der Waals surface area (Å²) in [5.74, 6) is 0.889. The van der Waals surface area contributed by atoms with Gasteiger partial charge in [-0.05, 0) is 44.3 Å². The first-order valence-corrected chi connectivity index (χ1v) is 13.2. The first kappa shape index (κ1) is 23.4. The van der Waals surface area contributed by atoms with Crippen LogP contribution in [0.4, 0.5) is 17.2 Å². The number of benzene rings is 2. The average molecular weight is 514 g/mol. The second-order valence-electron chi connectivity index (χ2n) is 9.38. The van der Waals surface area contributed by atoms with Crippen molar-refractivity contribution >= 4 is 50.4 Å². The first-order valence-electron chi connectivity index (χ1n) is 12.3. The zero-order valence-electron chi connectivity index (χ0n) is 20.4. The quantitative estimate of drug-likeness (QED) is 0.408. The van der Waals surface area contributed by atoms with E-state index in [0.717, 1.165) is 41.0 Å². The number of pyridine rings is 1. The van der Waals surface area contributed by atoms with Crippen LogP contribution in [0.3, 0.4) is 0 Å². The number of likely N-dealkylation sites (tertiary alicyclic amines) is 1. The predicted octanol–water partition coefficient (Wildman–Crippen LogP) is 4.51. The topological polar surface area (TPSA) is 86.8 Å². The maximum atomic E-state index is 13.5. The predicted molar refractivity (Wildman–Crippen MR) is 146 cm³/mol. The third kappa shape index (κ3) is 4.63. The molecule has 2 aliphatic heterocycles. The number of likely N-dealkylation sites (N-methyl/N-ethyl adjacent to an activating group) is 1. The van der Waals surface area contributed by atoms with Crippen molar-refractivity contribution in [2.45, 2.75) is 12.5 Å². The molecule has 4 heterocycles. The Labute approximate surface area is 218 Å². The molecule has 0 radical (unpaired) electrons. The van der Waals surface area contributed by atoms with E-state index in [1.807, 2.05) is 65.9 Å². The van der Waals surface area contributed by atoms with E-state index in [9.17, 15) is 9.59 Å². The lowest BCUT2D eigenvalue weighted by molar-refractivity contribution is 0.0937. The molecular weight excluding hydrogens is 486 g/mol. The Morgan fingerprint density at radius 2 is 1.92 bits per heavy atom. The molecule has 1 saturated heterocycles. The van der Waals surface area contributed by atoms with Gasteiger partial charge in [-0.2, -0.15) is 0 Å². The number of carbonyl (C=O) groups excluding carboxylic acids is 2. The second-order valence-corrected chi connectivity index (χ2v) is 10.3. The van der Waals surface area contributed by atoms with Crippen molar-refractivity contribution in [3.05, 3.63) is 77.3 Å². The van der Waals surface area contributed by atoms with Crippen LogP contribution in [0.25, 0.3) is 10.1 Å². The van der Waals surface area contributed by atoms with Crippen molar-refractivity contribution in [1.29, 1.82) is 0 Å². The zero-order chi connectivity index (χ0) is 25.4. The van der Waals surface area contributed by atoms with Crippen LogP contribution < -0.4 is 20.3 Å². The van der Waals surface area contributed by atoms with E-state index in [2.05, 4.69) is 15.5 Å². The maximum absolute atomic E-state index is 13.5. The lowest BCUT2D eigenvalue weighted by Crippen LogP contribution is -2.36. The van der Waals surface area contributed by atoms with Crippen molar-refractivity contribution < 1.29 is 14.3 Å². The number of para-hydroxylation sites is 2. The molecule has 6 rings (SSSR count). The van der Waals surface area contributed by atoms with Crippen molar-refractivity contribution in [2.24, 2.45) is 0 Å². The summed E-state index contributed by atoms with van der Waals surface area (Å²) < 4.78 is 6.87. The summed E-state index contributed by atoms with van der Waals surface area (Å²) in [5, 5.41) is 8.93. The Kier molecular flexibility index (Phi) is 6.23. The maximum Gasteiger partial charge on any atom is 0.257 e. The van der Waals surface area contributed by atoms with Gasteiger partial charge in [0.25, 0.3) is 11.8 Å². The van der Waals surface area contributed by atoms with Gasteiger partial charge in [0.05, 0.1) is 29.0 Å². The number of nitrogens with zero attached hydrogens (tertiary/aromatic N) is 3. The van der Waals surface area contributed by atoms with Crippen LogP contribution >= 0.6 is 11.3 Å². The van der Waals surface area contributed by atoms with Crippen LogP contribution in [0, 0.1) is 0 Å². The molecule has 2 aromatic heterocycles. The minimum absolute atomic E-state index is 0.0958. The van der Waals surface area contributed by atoms with Gasteiger partial charge in [0.15, 0.2) is 5.82 Å². The van der Waals surface area contributed by atoms with Gasteiger partial charge in [-0.25, -0.2) is 4.98 Å². The number of thiophene rings is 1. The summed E-state index contributed by atoms with van der Waals surface area (Å²) in [7, 11) is 2.05. The highest BCUT2D eigenvalue weighted by Crippen LogP contribution is 2.39. The molecule has 2 aromatic carbocycles. The molecular formula is C28H27N5O3S. The number of carbonyl (C=O) groups is 2. The van der Waals surface area contributed by atoms with Crippen molar-refractivity contribution in [2.75, 3.05) is 43.5 Å². The van der Waals surface area contributed by atoms with Crippen LogP contribution in [0.1, 0.15) is 27.1 Å². The fourth-order valence-corrected chi connectivity index (χ4v) is 5.88. The van der Waals surface area contributed by atoms with Gasteiger partial charge in [0.2, 0.25) is 0 Å². The van der Waals surface area contributed by atoms with Crippen LogP contribution in [-0.4, -0.2) is 61.0 Å². The molecule has 0 spiro atoms. The van der Waals surface area contributed by atoms with Gasteiger partial charge in [0, 0.05) is 34.2 Å². The molecule has 2 N–H and O–H groups in total. The average Bonchev–Trinajstić information content (AvgIpc) is 3.54. The second kappa shape index (κ2) is 9.84. The van der Waals surface area contributed by atoms with E-state index in [0.29, 0.717) is 35.8 Å². The molecule has 4 aromatic rings. The largest absolute Gasteiger partial charge is 0.490 e. The first-order chi connectivity index (χ1) is 18.1. The fraction of sp³-hybridized carbons (Fsp3) is 0.250. The Bertz CT molecular complexity index is 1490. The number of fused-ring (bicyclic) bond motifs is 2. The molecule has 1 fully saturated rings. The Morgan fingerprint density at radius 1 is 1.08 bits per heavy atom. The number of nitrogens with one attached hydrogen (secondary N) is 2. The highest BCUT2D eigenvalue weighted by Gasteiger charge is 2.26. The molecule has 0 bridgehead atoms. The lowest BCUT2D eigenvalue weighted by Gasteiger charge is -2.31. The van der Waals surface area contributed by atoms with E-state index in [-0.39, 0.29) is 17.9 Å². The molecule has 0 unspecified atom stereocenters. The summed E-state index contributed by atoms with van der Waals surface area (Å²) in [4.78, 5) is 35.5. The fourth-order valence-electron chi connectivity index (χ4n) is 4.94. The SMILES string of the molecule is CN1CC[C@H](NC(=O)c2cnc(N3CCOc4ccccc43)c(NC(=O)c3csc4ccccc34)c2)C1. The van der Waals surface area contributed by atoms with Crippen molar-refractivity contribution in [1.82, 2.24) is 15.2 Å². The van der Waals surface area contributed by atoms with Gasteiger partial charge in [-0.1, -0.05) is 30.3 Å². The summed E-state index contributed by atoms with van der Waals surface area (Å²) >= 11 is 1.53. The van der Waals surface area contributed by atoms with Crippen LogP contribution in [0.15, 0.2) is 66.2 Å². The Morgan fingerprint density at radius 3 is 2.78 bits per heavy atom. The van der Waals surface area contributed by atoms with E-state index in [1.165, 1.54) is 11.3 Å². The summed E-state index contributed by atoms with van der Waals surface area (Å²) in [6.07, 6.45) is 2.49. The van der Waals surface area contributed by atoms with Gasteiger partial charge in [0.1, 0.15) is 12.4 Å². The van der Waals surface area contributed by atoms with E-state index in [4.69, 9.17) is 9.72 Å². The lowest BCUT2D eigenvalue weighted by atomic mass is 10.1. The van der Waals surface area contributed by atoms with Gasteiger partial charge >= 0.3 is 0 Å². The Hall–Kier alpha value is -3.95. The molecule has 0 aliphatic carbocycles. The monoisotopic (exact) mass is 513 g/mol. The van der Waals surface area contributed by atoms with E-state index >= 15 is 0 Å². The van der Waals surface area contributed by atoms with Gasteiger partial charge in [-0.15, -0.1) is 11.3 Å². The van der Waals surface area contributed by atoms with Crippen LogP contribution in [0.5, 0.6) is 5.75 Å². The number of amides is 2. The molecule has 2 aliphatic rings. The zero-order valence-corrected chi connectivity index (χ0v) is 21.3. The molecule has 8 nitrogen and oxygen atoms in total. The van der Waals surface area contributed by atoms with Crippen LogP contribution in [0.2, 0.25) is 0 Å². The number of hydrogen-bond acceptors (Lipinski definition) is 7. The van der Waals surface area contributed by atoms with Gasteiger partial charge < -0.3 is 25.2 Å².